The quantitative estimate of drug-likeness (QED) is 0.802. The van der Waals surface area contributed by atoms with E-state index in [1.54, 1.807) is 36.5 Å². The van der Waals surface area contributed by atoms with E-state index in [0.717, 1.165) is 17.9 Å². The number of anilines is 1. The number of carbonyl (C=O) groups excluding carboxylic acids is 1. The van der Waals surface area contributed by atoms with Crippen LogP contribution in [0.1, 0.15) is 5.56 Å². The number of ether oxygens (including phenoxy) is 1. The first-order valence-corrected chi connectivity index (χ1v) is 8.30. The van der Waals surface area contributed by atoms with Gasteiger partial charge in [-0.25, -0.2) is 4.98 Å². The molecule has 0 saturated carbocycles. The highest BCUT2D eigenvalue weighted by Crippen LogP contribution is 2.22. The minimum Gasteiger partial charge on any atom is -0.383 e. The number of rotatable bonds is 5. The van der Waals surface area contributed by atoms with Crippen molar-refractivity contribution in [2.75, 3.05) is 38.3 Å². The van der Waals surface area contributed by atoms with Crippen LogP contribution >= 0.6 is 0 Å². The maximum Gasteiger partial charge on any atom is 0.250 e. The largest absolute Gasteiger partial charge is 0.383 e. The molecule has 1 aliphatic rings. The standard InChI is InChI=1S/C18H22N4O3/c1-25-12-11-20-9-10-22(13-15-5-4-7-19-18(15)20)17(24)14-21-8-3-2-6-16(21)23/h2-8H,9-14H2,1H3. The molecule has 2 aromatic heterocycles. The second kappa shape index (κ2) is 7.94. The third-order valence-electron chi connectivity index (χ3n) is 4.29. The monoisotopic (exact) mass is 342 g/mol. The van der Waals surface area contributed by atoms with Crippen molar-refractivity contribution in [2.24, 2.45) is 0 Å². The van der Waals surface area contributed by atoms with Crippen LogP contribution in [0.2, 0.25) is 0 Å². The van der Waals surface area contributed by atoms with Gasteiger partial charge in [0.15, 0.2) is 0 Å². The van der Waals surface area contributed by atoms with Gasteiger partial charge in [-0.3, -0.25) is 9.59 Å². The van der Waals surface area contributed by atoms with Gasteiger partial charge in [0.25, 0.3) is 5.56 Å². The molecule has 7 heteroatoms. The van der Waals surface area contributed by atoms with Crippen LogP contribution in [0.25, 0.3) is 0 Å². The molecule has 3 heterocycles. The molecule has 0 fully saturated rings. The Morgan fingerprint density at radius 3 is 2.92 bits per heavy atom. The molecule has 0 saturated heterocycles. The molecule has 7 nitrogen and oxygen atoms in total. The van der Waals surface area contributed by atoms with E-state index in [4.69, 9.17) is 4.74 Å². The van der Waals surface area contributed by atoms with Crippen molar-refractivity contribution in [2.45, 2.75) is 13.1 Å². The van der Waals surface area contributed by atoms with E-state index >= 15 is 0 Å². The average Bonchev–Trinajstić information content (AvgIpc) is 2.81. The lowest BCUT2D eigenvalue weighted by Gasteiger charge is -2.23. The van der Waals surface area contributed by atoms with E-state index in [1.807, 2.05) is 12.1 Å². The normalized spacial score (nSPS) is 14.1. The Morgan fingerprint density at radius 1 is 1.24 bits per heavy atom. The van der Waals surface area contributed by atoms with Gasteiger partial charge in [0.2, 0.25) is 5.91 Å². The summed E-state index contributed by atoms with van der Waals surface area (Å²) >= 11 is 0. The zero-order valence-corrected chi connectivity index (χ0v) is 14.3. The summed E-state index contributed by atoms with van der Waals surface area (Å²) in [5.74, 6) is 0.823. The van der Waals surface area contributed by atoms with Gasteiger partial charge in [0.1, 0.15) is 12.4 Å². The Bertz CT molecular complexity index is 790. The molecule has 1 amide bonds. The van der Waals surface area contributed by atoms with Crippen LogP contribution in [0.3, 0.4) is 0 Å². The third-order valence-corrected chi connectivity index (χ3v) is 4.29. The number of amides is 1. The van der Waals surface area contributed by atoms with Crippen molar-refractivity contribution < 1.29 is 9.53 Å². The number of aromatic nitrogens is 2. The molecule has 0 N–H and O–H groups in total. The molecular formula is C18H22N4O3. The van der Waals surface area contributed by atoms with E-state index in [9.17, 15) is 9.59 Å². The van der Waals surface area contributed by atoms with E-state index in [-0.39, 0.29) is 18.0 Å². The number of carbonyl (C=O) groups is 1. The Labute approximate surface area is 146 Å². The van der Waals surface area contributed by atoms with Crippen molar-refractivity contribution in [1.82, 2.24) is 14.5 Å². The summed E-state index contributed by atoms with van der Waals surface area (Å²) in [5.41, 5.74) is 0.833. The maximum absolute atomic E-state index is 12.7. The van der Waals surface area contributed by atoms with Gasteiger partial charge >= 0.3 is 0 Å². The molecule has 2 aromatic rings. The summed E-state index contributed by atoms with van der Waals surface area (Å²) in [5, 5.41) is 0. The Kier molecular flexibility index (Phi) is 5.45. The zero-order chi connectivity index (χ0) is 17.6. The first-order valence-electron chi connectivity index (χ1n) is 8.30. The number of hydrogen-bond acceptors (Lipinski definition) is 5. The third kappa shape index (κ3) is 4.06. The molecule has 0 aromatic carbocycles. The predicted molar refractivity (Wildman–Crippen MR) is 94.4 cm³/mol. The minimum absolute atomic E-state index is 0.0489. The van der Waals surface area contributed by atoms with Crippen LogP contribution in [0.15, 0.2) is 47.5 Å². The summed E-state index contributed by atoms with van der Waals surface area (Å²) < 4.78 is 6.61. The van der Waals surface area contributed by atoms with Crippen molar-refractivity contribution >= 4 is 11.7 Å². The van der Waals surface area contributed by atoms with E-state index in [2.05, 4.69) is 9.88 Å². The molecule has 1 aliphatic heterocycles. The first kappa shape index (κ1) is 17.2. The molecule has 0 radical (unpaired) electrons. The van der Waals surface area contributed by atoms with Crippen LogP contribution in [0, 0.1) is 0 Å². The summed E-state index contributed by atoms with van der Waals surface area (Å²) in [6.07, 6.45) is 3.40. The van der Waals surface area contributed by atoms with Crippen molar-refractivity contribution in [3.63, 3.8) is 0 Å². The summed E-state index contributed by atoms with van der Waals surface area (Å²) in [6, 6.07) is 8.75. The number of hydrogen-bond donors (Lipinski definition) is 0. The Morgan fingerprint density at radius 2 is 2.12 bits per heavy atom. The Hall–Kier alpha value is -2.67. The highest BCUT2D eigenvalue weighted by molar-refractivity contribution is 5.76. The van der Waals surface area contributed by atoms with Crippen LogP contribution < -0.4 is 10.5 Å². The highest BCUT2D eigenvalue weighted by atomic mass is 16.5. The van der Waals surface area contributed by atoms with Gasteiger partial charge in [-0.1, -0.05) is 12.1 Å². The van der Waals surface area contributed by atoms with E-state index in [1.165, 1.54) is 10.6 Å². The first-order chi connectivity index (χ1) is 12.2. The van der Waals surface area contributed by atoms with E-state index in [0.29, 0.717) is 26.2 Å². The average molecular weight is 342 g/mol. The fraction of sp³-hybridized carbons (Fsp3) is 0.389. The highest BCUT2D eigenvalue weighted by Gasteiger charge is 2.23. The van der Waals surface area contributed by atoms with Crippen LogP contribution in [-0.4, -0.2) is 53.7 Å². The molecule has 0 unspecified atom stereocenters. The lowest BCUT2D eigenvalue weighted by atomic mass is 10.2. The fourth-order valence-corrected chi connectivity index (χ4v) is 2.94. The number of pyridine rings is 2. The summed E-state index contributed by atoms with van der Waals surface area (Å²) in [6.45, 7) is 3.13. The topological polar surface area (TPSA) is 67.7 Å². The molecule has 132 valence electrons. The SMILES string of the molecule is COCCN1CCN(C(=O)Cn2ccccc2=O)Cc2cccnc21. The maximum atomic E-state index is 12.7. The van der Waals surface area contributed by atoms with Crippen molar-refractivity contribution in [1.29, 1.82) is 0 Å². The van der Waals surface area contributed by atoms with Crippen molar-refractivity contribution in [3.05, 3.63) is 58.6 Å². The molecule has 0 spiro atoms. The van der Waals surface area contributed by atoms with Gasteiger partial charge in [-0.2, -0.15) is 0 Å². The van der Waals surface area contributed by atoms with Crippen LogP contribution in [0.4, 0.5) is 5.82 Å². The van der Waals surface area contributed by atoms with Crippen LogP contribution in [0.5, 0.6) is 0 Å². The van der Waals surface area contributed by atoms with E-state index < -0.39 is 0 Å². The van der Waals surface area contributed by atoms with Gasteiger partial charge < -0.3 is 19.1 Å². The predicted octanol–water partition coefficient (Wildman–Crippen LogP) is 0.739. The molecular weight excluding hydrogens is 320 g/mol. The second-order valence-corrected chi connectivity index (χ2v) is 5.95. The number of fused-ring (bicyclic) bond motifs is 1. The minimum atomic E-state index is -0.172. The lowest BCUT2D eigenvalue weighted by molar-refractivity contribution is -0.132. The zero-order valence-electron chi connectivity index (χ0n) is 14.3. The lowest BCUT2D eigenvalue weighted by Crippen LogP contribution is -2.39. The second-order valence-electron chi connectivity index (χ2n) is 5.95. The molecule has 0 aliphatic carbocycles. The van der Waals surface area contributed by atoms with Gasteiger partial charge in [-0.05, 0) is 12.1 Å². The molecule has 3 rings (SSSR count). The van der Waals surface area contributed by atoms with Gasteiger partial charge in [0.05, 0.1) is 6.61 Å². The summed E-state index contributed by atoms with van der Waals surface area (Å²) in [7, 11) is 1.67. The molecule has 0 bridgehead atoms. The summed E-state index contributed by atoms with van der Waals surface area (Å²) in [4.78, 5) is 32.9. The van der Waals surface area contributed by atoms with Gasteiger partial charge in [0, 0.05) is 57.3 Å². The number of nitrogens with zero attached hydrogens (tertiary/aromatic N) is 4. The number of methoxy groups -OCH3 is 1. The van der Waals surface area contributed by atoms with Crippen molar-refractivity contribution in [3.8, 4) is 0 Å². The smallest absolute Gasteiger partial charge is 0.250 e. The Balaban J connectivity index is 1.77. The molecule has 0 atom stereocenters. The molecule has 25 heavy (non-hydrogen) atoms. The fourth-order valence-electron chi connectivity index (χ4n) is 2.94. The van der Waals surface area contributed by atoms with Gasteiger partial charge in [-0.15, -0.1) is 0 Å². The van der Waals surface area contributed by atoms with Crippen LogP contribution in [-0.2, 0) is 22.6 Å².